The van der Waals surface area contributed by atoms with Gasteiger partial charge in [0, 0.05) is 5.69 Å². The molecule has 0 radical (unpaired) electrons. The number of ether oxygens (including phenoxy) is 1. The monoisotopic (exact) mass is 490 g/mol. The van der Waals surface area contributed by atoms with Crippen molar-refractivity contribution in [1.29, 1.82) is 0 Å². The van der Waals surface area contributed by atoms with Gasteiger partial charge in [-0.05, 0) is 61.8 Å². The van der Waals surface area contributed by atoms with Crippen LogP contribution in [0.25, 0.3) is 0 Å². The zero-order valence-electron chi connectivity index (χ0n) is 18.2. The van der Waals surface area contributed by atoms with Gasteiger partial charge in [0.2, 0.25) is 6.35 Å². The maximum Gasteiger partial charge on any atom is 0.387 e. The van der Waals surface area contributed by atoms with Crippen molar-refractivity contribution in [2.75, 3.05) is 5.32 Å². The Hall–Kier alpha value is -1.86. The molecular weight excluding hydrogens is 462 g/mol. The topological polar surface area (TPSA) is 130 Å². The number of nitrogens with one attached hydrogen (secondary N) is 1. The predicted molar refractivity (Wildman–Crippen MR) is 119 cm³/mol. The molecule has 1 fully saturated rings. The van der Waals surface area contributed by atoms with Gasteiger partial charge in [-0.15, -0.1) is 11.3 Å². The Morgan fingerprint density at radius 2 is 2.03 bits per heavy atom. The number of hydrogen-bond acceptors (Lipinski definition) is 8. The van der Waals surface area contributed by atoms with Crippen molar-refractivity contribution < 1.29 is 27.9 Å². The van der Waals surface area contributed by atoms with E-state index in [1.54, 1.807) is 0 Å². The van der Waals surface area contributed by atoms with Crippen LogP contribution in [0.5, 0.6) is 5.75 Å². The van der Waals surface area contributed by atoms with Crippen LogP contribution in [0.1, 0.15) is 68.5 Å². The molecule has 2 atom stereocenters. The molecule has 178 valence electrons. The second-order valence-corrected chi connectivity index (χ2v) is 11.6. The number of nitrogens with zero attached hydrogens (tertiary/aromatic N) is 2. The van der Waals surface area contributed by atoms with Gasteiger partial charge in [-0.3, -0.25) is 0 Å². The Kier molecular flexibility index (Phi) is 7.11. The summed E-state index contributed by atoms with van der Waals surface area (Å²) in [5.41, 5.74) is 0.691. The van der Waals surface area contributed by atoms with E-state index in [1.807, 2.05) is 13.8 Å². The van der Waals surface area contributed by atoms with E-state index in [9.17, 15) is 23.2 Å². The average Bonchev–Trinajstić information content (AvgIpc) is 3.34. The molecule has 0 spiro atoms. The summed E-state index contributed by atoms with van der Waals surface area (Å²) in [5, 5.41) is 29.7. The number of aliphatic hydroxyl groups excluding tert-OH is 1. The van der Waals surface area contributed by atoms with Gasteiger partial charge in [0.25, 0.3) is 0 Å². The molecular formula is C20H28F2N4O4S2. The molecule has 2 aromatic rings. The summed E-state index contributed by atoms with van der Waals surface area (Å²) in [4.78, 5) is 4.03. The van der Waals surface area contributed by atoms with E-state index in [0.29, 0.717) is 16.3 Å². The molecule has 3 rings (SSSR count). The van der Waals surface area contributed by atoms with Crippen molar-refractivity contribution in [2.24, 2.45) is 9.50 Å². The first-order chi connectivity index (χ1) is 14.8. The maximum atomic E-state index is 13.0. The van der Waals surface area contributed by atoms with Crippen LogP contribution < -0.4 is 15.2 Å². The predicted octanol–water partition coefficient (Wildman–Crippen LogP) is 4.06. The molecule has 1 aromatic heterocycles. The molecule has 2 unspecified atom stereocenters. The summed E-state index contributed by atoms with van der Waals surface area (Å²) in [6.45, 7) is 3.89. The zero-order chi connectivity index (χ0) is 23.8. The van der Waals surface area contributed by atoms with Gasteiger partial charge < -0.3 is 20.3 Å². The van der Waals surface area contributed by atoms with E-state index >= 15 is 0 Å². The fourth-order valence-corrected chi connectivity index (χ4v) is 5.35. The van der Waals surface area contributed by atoms with Crippen LogP contribution in [0.3, 0.4) is 0 Å². The zero-order valence-corrected chi connectivity index (χ0v) is 19.8. The average molecular weight is 491 g/mol. The Morgan fingerprint density at radius 3 is 2.53 bits per heavy atom. The number of hydrogen-bond donors (Lipinski definition) is 4. The fourth-order valence-electron chi connectivity index (χ4n) is 3.20. The molecule has 1 saturated carbocycles. The third-order valence-corrected chi connectivity index (χ3v) is 8.13. The molecule has 1 aliphatic carbocycles. The lowest BCUT2D eigenvalue weighted by molar-refractivity contribution is -0.0499. The van der Waals surface area contributed by atoms with Gasteiger partial charge in [0.15, 0.2) is 0 Å². The quantitative estimate of drug-likeness (QED) is 0.392. The SMILES string of the molecule is CC(C)c1cc(OC(F)F)cc(C2CC2)c1NC(O)N=S(N)(=O)c1cnc(C(C)(C)O)s1. The Balaban J connectivity index is 1.95. The highest BCUT2D eigenvalue weighted by Crippen LogP contribution is 2.47. The number of rotatable bonds is 9. The fraction of sp³-hybridized carbons (Fsp3) is 0.550. The van der Waals surface area contributed by atoms with Crippen LogP contribution in [0.15, 0.2) is 26.9 Å². The van der Waals surface area contributed by atoms with E-state index in [2.05, 4.69) is 19.4 Å². The van der Waals surface area contributed by atoms with Crippen molar-refractivity contribution >= 4 is 26.9 Å². The van der Waals surface area contributed by atoms with E-state index < -0.39 is 28.5 Å². The van der Waals surface area contributed by atoms with Crippen molar-refractivity contribution in [3.8, 4) is 5.75 Å². The number of nitrogens with two attached hydrogens (primary N) is 1. The minimum atomic E-state index is -3.51. The lowest BCUT2D eigenvalue weighted by atomic mass is 9.95. The Labute approximate surface area is 190 Å². The first kappa shape index (κ1) is 24.8. The van der Waals surface area contributed by atoms with E-state index in [0.717, 1.165) is 29.7 Å². The summed E-state index contributed by atoms with van der Waals surface area (Å²) in [5.74, 6) is 0.108. The minimum absolute atomic E-state index is 0.0500. The standard InChI is InChI=1S/C20H28F2N4O4S2/c1-10(2)13-7-12(30-18(21)22)8-14(11-5-6-11)16(13)25-19(27)26-32(23,29)15-9-24-17(31-15)20(3,4)28/h7-11,18-19,25,27-28H,5-6H2,1-4H3,(H2,23,26,29). The number of anilines is 1. The van der Waals surface area contributed by atoms with Crippen molar-refractivity contribution in [3.05, 3.63) is 34.5 Å². The first-order valence-corrected chi connectivity index (χ1v) is 12.5. The van der Waals surface area contributed by atoms with Crippen LogP contribution >= 0.6 is 11.3 Å². The highest BCUT2D eigenvalue weighted by atomic mass is 32.2. The lowest BCUT2D eigenvalue weighted by Gasteiger charge is -2.22. The van der Waals surface area contributed by atoms with E-state index in [-0.39, 0.29) is 21.8 Å². The molecule has 1 aromatic carbocycles. The molecule has 1 aliphatic rings. The van der Waals surface area contributed by atoms with Gasteiger partial charge >= 0.3 is 6.61 Å². The summed E-state index contributed by atoms with van der Waals surface area (Å²) >= 11 is 0.947. The van der Waals surface area contributed by atoms with Gasteiger partial charge in [0.1, 0.15) is 30.5 Å². The molecule has 0 aliphatic heterocycles. The first-order valence-electron chi connectivity index (χ1n) is 10.1. The van der Waals surface area contributed by atoms with E-state index in [1.165, 1.54) is 32.2 Å². The summed E-state index contributed by atoms with van der Waals surface area (Å²) in [7, 11) is -3.51. The van der Waals surface area contributed by atoms with Crippen molar-refractivity contribution in [3.63, 3.8) is 0 Å². The van der Waals surface area contributed by atoms with Gasteiger partial charge in [-0.1, -0.05) is 13.8 Å². The summed E-state index contributed by atoms with van der Waals surface area (Å²) in [6.07, 6.45) is 1.40. The van der Waals surface area contributed by atoms with Crippen molar-refractivity contribution in [2.45, 2.75) is 75.1 Å². The number of halogens is 2. The number of aliphatic hydroxyl groups is 2. The number of thiazole rings is 1. The van der Waals surface area contributed by atoms with Crippen LogP contribution in [-0.4, -0.2) is 32.4 Å². The largest absolute Gasteiger partial charge is 0.435 e. The number of aromatic nitrogens is 1. The number of benzene rings is 1. The highest BCUT2D eigenvalue weighted by Gasteiger charge is 2.30. The summed E-state index contributed by atoms with van der Waals surface area (Å²) in [6, 6.07) is 3.03. The van der Waals surface area contributed by atoms with Crippen LogP contribution in [-0.2, 0) is 15.5 Å². The van der Waals surface area contributed by atoms with Gasteiger partial charge in [-0.25, -0.2) is 14.3 Å². The molecule has 0 bridgehead atoms. The normalized spacial score (nSPS) is 17.3. The molecule has 0 saturated heterocycles. The molecule has 1 heterocycles. The minimum Gasteiger partial charge on any atom is -0.435 e. The van der Waals surface area contributed by atoms with Crippen LogP contribution in [0, 0.1) is 0 Å². The van der Waals surface area contributed by atoms with Crippen LogP contribution in [0.2, 0.25) is 0 Å². The van der Waals surface area contributed by atoms with E-state index in [4.69, 9.17) is 5.14 Å². The maximum absolute atomic E-state index is 13.0. The molecule has 8 nitrogen and oxygen atoms in total. The summed E-state index contributed by atoms with van der Waals surface area (Å²) < 4.78 is 47.1. The third-order valence-electron chi connectivity index (χ3n) is 4.86. The molecule has 32 heavy (non-hydrogen) atoms. The smallest absolute Gasteiger partial charge is 0.387 e. The molecule has 5 N–H and O–H groups in total. The third kappa shape index (κ3) is 5.93. The molecule has 12 heteroatoms. The van der Waals surface area contributed by atoms with Crippen molar-refractivity contribution in [1.82, 2.24) is 4.98 Å². The van der Waals surface area contributed by atoms with Gasteiger partial charge in [-0.2, -0.15) is 13.1 Å². The molecule has 0 amide bonds. The number of alkyl halides is 2. The second-order valence-electron chi connectivity index (χ2n) is 8.52. The lowest BCUT2D eigenvalue weighted by Crippen LogP contribution is -2.23. The highest BCUT2D eigenvalue weighted by molar-refractivity contribution is 7.93. The Morgan fingerprint density at radius 1 is 1.38 bits per heavy atom. The van der Waals surface area contributed by atoms with Gasteiger partial charge in [0.05, 0.1) is 6.20 Å². The Bertz CT molecular complexity index is 1060. The van der Waals surface area contributed by atoms with Crippen LogP contribution in [0.4, 0.5) is 14.5 Å². The second kappa shape index (κ2) is 9.18.